The quantitative estimate of drug-likeness (QED) is 0.395. The molecule has 2 nitrogen and oxygen atoms in total. The van der Waals surface area contributed by atoms with Crippen LogP contribution in [-0.2, 0) is 9.47 Å². The first-order valence-corrected chi connectivity index (χ1v) is 8.18. The van der Waals surface area contributed by atoms with Gasteiger partial charge in [-0.2, -0.15) is 25.3 Å². The summed E-state index contributed by atoms with van der Waals surface area (Å²) >= 11 is 8.62. The summed E-state index contributed by atoms with van der Waals surface area (Å²) in [6.07, 6.45) is 6.88. The van der Waals surface area contributed by atoms with Crippen molar-refractivity contribution in [3.8, 4) is 0 Å². The van der Waals surface area contributed by atoms with Gasteiger partial charge in [0.2, 0.25) is 0 Å². The van der Waals surface area contributed by atoms with Crippen LogP contribution in [0.15, 0.2) is 0 Å². The minimum Gasteiger partial charge on any atom is -0.381 e. The minimum atomic E-state index is 0.446. The number of unbranched alkanes of at least 4 members (excludes halogenated alkanes) is 3. The lowest BCUT2D eigenvalue weighted by molar-refractivity contribution is 0.119. The van der Waals surface area contributed by atoms with Crippen LogP contribution >= 0.6 is 25.3 Å². The molecule has 2 unspecified atom stereocenters. The van der Waals surface area contributed by atoms with Crippen molar-refractivity contribution < 1.29 is 9.47 Å². The van der Waals surface area contributed by atoms with Gasteiger partial charge in [-0.3, -0.25) is 0 Å². The number of hydrogen-bond acceptors (Lipinski definition) is 4. The molecule has 0 rings (SSSR count). The van der Waals surface area contributed by atoms with E-state index in [0.29, 0.717) is 10.5 Å². The molecule has 0 spiro atoms. The molecule has 0 aromatic carbocycles. The topological polar surface area (TPSA) is 18.5 Å². The van der Waals surface area contributed by atoms with E-state index in [1.54, 1.807) is 0 Å². The lowest BCUT2D eigenvalue weighted by Gasteiger charge is -2.07. The summed E-state index contributed by atoms with van der Waals surface area (Å²) in [7, 11) is 0. The highest BCUT2D eigenvalue weighted by Gasteiger charge is 1.96. The van der Waals surface area contributed by atoms with Crippen LogP contribution in [0.5, 0.6) is 0 Å². The smallest absolute Gasteiger partial charge is 0.0476 e. The van der Waals surface area contributed by atoms with E-state index in [-0.39, 0.29) is 0 Å². The first-order chi connectivity index (χ1) is 8.63. The van der Waals surface area contributed by atoms with E-state index in [0.717, 1.165) is 52.1 Å². The predicted molar refractivity (Wildman–Crippen MR) is 86.2 cm³/mol. The Balaban J connectivity index is 2.95. The molecular weight excluding hydrogens is 264 g/mol. The maximum Gasteiger partial charge on any atom is 0.0476 e. The number of hydrogen-bond donors (Lipinski definition) is 2. The zero-order valence-corrected chi connectivity index (χ0v) is 13.7. The monoisotopic (exact) mass is 294 g/mol. The number of thiol groups is 2. The van der Waals surface area contributed by atoms with Gasteiger partial charge in [-0.1, -0.05) is 26.7 Å². The Morgan fingerprint density at radius 3 is 1.39 bits per heavy atom. The zero-order valence-electron chi connectivity index (χ0n) is 11.9. The van der Waals surface area contributed by atoms with Gasteiger partial charge in [-0.25, -0.2) is 0 Å². The molecule has 0 aliphatic rings. The summed E-state index contributed by atoms with van der Waals surface area (Å²) in [5.41, 5.74) is 0. The average Bonchev–Trinajstić information content (AvgIpc) is 2.29. The molecule has 0 aliphatic carbocycles. The molecule has 18 heavy (non-hydrogen) atoms. The van der Waals surface area contributed by atoms with Crippen molar-refractivity contribution >= 4 is 25.3 Å². The Labute approximate surface area is 124 Å². The fourth-order valence-corrected chi connectivity index (χ4v) is 1.68. The van der Waals surface area contributed by atoms with Crippen molar-refractivity contribution in [2.75, 3.05) is 26.4 Å². The fourth-order valence-electron chi connectivity index (χ4n) is 1.47. The summed E-state index contributed by atoms with van der Waals surface area (Å²) in [4.78, 5) is 0. The average molecular weight is 295 g/mol. The molecule has 4 heteroatoms. The van der Waals surface area contributed by atoms with E-state index < -0.39 is 0 Å². The van der Waals surface area contributed by atoms with Crippen molar-refractivity contribution in [3.63, 3.8) is 0 Å². The summed E-state index contributed by atoms with van der Waals surface area (Å²) in [5, 5.41) is 0.893. The van der Waals surface area contributed by atoms with Crippen molar-refractivity contribution in [1.29, 1.82) is 0 Å². The van der Waals surface area contributed by atoms with Crippen molar-refractivity contribution in [2.45, 2.75) is 62.9 Å². The van der Waals surface area contributed by atoms with Crippen LogP contribution in [0.4, 0.5) is 0 Å². The largest absolute Gasteiger partial charge is 0.381 e. The Kier molecular flexibility index (Phi) is 14.5. The molecule has 0 fully saturated rings. The Morgan fingerprint density at radius 1 is 0.667 bits per heavy atom. The first-order valence-electron chi connectivity index (χ1n) is 7.14. The molecule has 0 aromatic heterocycles. The lowest BCUT2D eigenvalue weighted by Crippen LogP contribution is -2.03. The van der Waals surface area contributed by atoms with Crippen LogP contribution < -0.4 is 0 Å². The normalized spacial score (nSPS) is 14.7. The molecule has 2 atom stereocenters. The second kappa shape index (κ2) is 14.0. The maximum absolute atomic E-state index is 5.53. The van der Waals surface area contributed by atoms with Crippen LogP contribution in [0, 0.1) is 0 Å². The summed E-state index contributed by atoms with van der Waals surface area (Å²) in [6, 6.07) is 0. The second-order valence-electron chi connectivity index (χ2n) is 4.91. The molecule has 0 radical (unpaired) electrons. The summed E-state index contributed by atoms with van der Waals surface area (Å²) < 4.78 is 11.1. The van der Waals surface area contributed by atoms with Gasteiger partial charge in [-0.15, -0.1) is 0 Å². The summed E-state index contributed by atoms with van der Waals surface area (Å²) in [5.74, 6) is 0. The Hall–Kier alpha value is 0.620. The molecule has 0 aromatic rings. The third-order valence-electron chi connectivity index (χ3n) is 2.69. The predicted octanol–water partition coefficient (Wildman–Crippen LogP) is 4.00. The zero-order chi connectivity index (χ0) is 13.6. The van der Waals surface area contributed by atoms with E-state index in [2.05, 4.69) is 39.1 Å². The Bertz CT molecular complexity index is 146. The van der Waals surface area contributed by atoms with Crippen LogP contribution in [-0.4, -0.2) is 36.9 Å². The highest BCUT2D eigenvalue weighted by atomic mass is 32.1. The number of ether oxygens (including phenoxy) is 2. The van der Waals surface area contributed by atoms with Crippen LogP contribution in [0.1, 0.15) is 52.4 Å². The molecule has 0 aliphatic heterocycles. The molecule has 0 saturated carbocycles. The third-order valence-corrected chi connectivity index (χ3v) is 3.20. The van der Waals surface area contributed by atoms with Gasteiger partial charge < -0.3 is 9.47 Å². The van der Waals surface area contributed by atoms with E-state index in [1.165, 1.54) is 12.8 Å². The van der Waals surface area contributed by atoms with Crippen LogP contribution in [0.25, 0.3) is 0 Å². The van der Waals surface area contributed by atoms with Gasteiger partial charge in [0, 0.05) is 36.9 Å². The van der Waals surface area contributed by atoms with Gasteiger partial charge >= 0.3 is 0 Å². The molecule has 110 valence electrons. The van der Waals surface area contributed by atoms with Gasteiger partial charge in [0.05, 0.1) is 0 Å². The highest BCUT2D eigenvalue weighted by Crippen LogP contribution is 2.04. The van der Waals surface area contributed by atoms with Gasteiger partial charge in [0.25, 0.3) is 0 Å². The van der Waals surface area contributed by atoms with E-state index in [1.807, 2.05) is 0 Å². The molecule has 0 N–H and O–H groups in total. The fraction of sp³-hybridized carbons (Fsp3) is 1.00. The van der Waals surface area contributed by atoms with Crippen LogP contribution in [0.3, 0.4) is 0 Å². The van der Waals surface area contributed by atoms with E-state index >= 15 is 0 Å². The molecule has 0 bridgehead atoms. The molecular formula is C14H30O2S2. The minimum absolute atomic E-state index is 0.446. The summed E-state index contributed by atoms with van der Waals surface area (Å²) in [6.45, 7) is 7.66. The van der Waals surface area contributed by atoms with E-state index in [9.17, 15) is 0 Å². The third kappa shape index (κ3) is 16.6. The highest BCUT2D eigenvalue weighted by molar-refractivity contribution is 7.81. The lowest BCUT2D eigenvalue weighted by atomic mass is 10.2. The molecule has 0 saturated heterocycles. The standard InChI is InChI=1S/C14H30O2S2/c1-13(17)7-11-15-9-5-3-4-6-10-16-12-8-14(2)18/h13-14,17-18H,3-12H2,1-2H3. The second-order valence-corrected chi connectivity index (χ2v) is 6.68. The maximum atomic E-state index is 5.53. The van der Waals surface area contributed by atoms with Crippen molar-refractivity contribution in [3.05, 3.63) is 0 Å². The van der Waals surface area contributed by atoms with Crippen LogP contribution in [0.2, 0.25) is 0 Å². The van der Waals surface area contributed by atoms with Crippen molar-refractivity contribution in [2.24, 2.45) is 0 Å². The van der Waals surface area contributed by atoms with Gasteiger partial charge in [-0.05, 0) is 25.7 Å². The first kappa shape index (κ1) is 18.6. The number of rotatable bonds is 13. The molecule has 0 amide bonds. The van der Waals surface area contributed by atoms with Gasteiger partial charge in [0.1, 0.15) is 0 Å². The molecule has 0 heterocycles. The SMILES string of the molecule is CC(S)CCOCCCCCCOCCC(C)S. The van der Waals surface area contributed by atoms with Gasteiger partial charge in [0.15, 0.2) is 0 Å². The Morgan fingerprint density at radius 2 is 1.06 bits per heavy atom. The van der Waals surface area contributed by atoms with E-state index in [4.69, 9.17) is 9.47 Å². The van der Waals surface area contributed by atoms with Crippen molar-refractivity contribution in [1.82, 2.24) is 0 Å².